The first-order valence-corrected chi connectivity index (χ1v) is 7.64. The largest absolute Gasteiger partial charge is 0.385 e. The minimum Gasteiger partial charge on any atom is -0.385 e. The average Bonchev–Trinajstić information content (AvgIpc) is 2.93. The molecule has 2 rings (SSSR count). The van der Waals surface area contributed by atoms with Crippen molar-refractivity contribution in [1.82, 2.24) is 4.90 Å². The van der Waals surface area contributed by atoms with E-state index in [4.69, 9.17) is 16.3 Å². The summed E-state index contributed by atoms with van der Waals surface area (Å²) in [4.78, 5) is 14.3. The van der Waals surface area contributed by atoms with E-state index < -0.39 is 0 Å². The van der Waals surface area contributed by atoms with Crippen molar-refractivity contribution >= 4 is 17.5 Å². The summed E-state index contributed by atoms with van der Waals surface area (Å²) >= 11 is 6.05. The summed E-state index contributed by atoms with van der Waals surface area (Å²) in [5.74, 6) is 0.253. The van der Waals surface area contributed by atoms with Crippen LogP contribution in [0.25, 0.3) is 0 Å². The smallest absolute Gasteiger partial charge is 0.223 e. The van der Waals surface area contributed by atoms with Crippen molar-refractivity contribution in [3.63, 3.8) is 0 Å². The number of methoxy groups -OCH3 is 1. The summed E-state index contributed by atoms with van der Waals surface area (Å²) < 4.78 is 5.01. The molecule has 1 saturated heterocycles. The lowest BCUT2D eigenvalue weighted by Crippen LogP contribution is -2.30. The maximum absolute atomic E-state index is 12.3. The summed E-state index contributed by atoms with van der Waals surface area (Å²) in [6, 6.07) is 8.06. The highest BCUT2D eigenvalue weighted by Crippen LogP contribution is 2.33. The molecule has 110 valence electrons. The fourth-order valence-corrected chi connectivity index (χ4v) is 2.99. The minimum absolute atomic E-state index is 0.198. The van der Waals surface area contributed by atoms with Crippen LogP contribution in [0.1, 0.15) is 43.7 Å². The van der Waals surface area contributed by atoms with Crippen LogP contribution in [0.15, 0.2) is 24.3 Å². The van der Waals surface area contributed by atoms with Gasteiger partial charge in [-0.25, -0.2) is 0 Å². The third-order valence-electron chi connectivity index (χ3n) is 3.80. The molecule has 0 saturated carbocycles. The second-order valence-corrected chi connectivity index (χ2v) is 5.69. The van der Waals surface area contributed by atoms with Gasteiger partial charge in [-0.1, -0.05) is 23.7 Å². The second kappa shape index (κ2) is 7.65. The van der Waals surface area contributed by atoms with Crippen molar-refractivity contribution in [2.45, 2.75) is 38.1 Å². The van der Waals surface area contributed by atoms with E-state index in [2.05, 4.69) is 6.07 Å². The van der Waals surface area contributed by atoms with Crippen molar-refractivity contribution < 1.29 is 9.53 Å². The molecule has 1 aromatic rings. The molecule has 1 aliphatic rings. The molecule has 1 amide bonds. The second-order valence-electron chi connectivity index (χ2n) is 5.25. The van der Waals surface area contributed by atoms with Gasteiger partial charge in [-0.3, -0.25) is 4.79 Å². The van der Waals surface area contributed by atoms with Crippen LogP contribution in [0.2, 0.25) is 5.02 Å². The molecule has 1 heterocycles. The first kappa shape index (κ1) is 15.3. The zero-order chi connectivity index (χ0) is 14.4. The van der Waals surface area contributed by atoms with Gasteiger partial charge in [0.05, 0.1) is 6.04 Å². The summed E-state index contributed by atoms with van der Waals surface area (Å²) in [6.07, 6.45) is 4.55. The van der Waals surface area contributed by atoms with E-state index in [-0.39, 0.29) is 11.9 Å². The number of ether oxygens (including phenoxy) is 1. The lowest BCUT2D eigenvalue weighted by atomic mass is 10.0. The number of nitrogens with zero attached hydrogens (tertiary/aromatic N) is 1. The van der Waals surface area contributed by atoms with Crippen molar-refractivity contribution in [2.75, 3.05) is 20.3 Å². The van der Waals surface area contributed by atoms with E-state index in [0.717, 1.165) is 49.4 Å². The van der Waals surface area contributed by atoms with Crippen LogP contribution in [-0.4, -0.2) is 31.1 Å². The van der Waals surface area contributed by atoms with Crippen molar-refractivity contribution in [3.8, 4) is 0 Å². The highest BCUT2D eigenvalue weighted by molar-refractivity contribution is 6.30. The number of likely N-dealkylation sites (tertiary alicyclic amines) is 1. The van der Waals surface area contributed by atoms with Crippen LogP contribution in [0.4, 0.5) is 0 Å². The van der Waals surface area contributed by atoms with Crippen molar-refractivity contribution in [3.05, 3.63) is 34.9 Å². The Hall–Kier alpha value is -1.06. The summed E-state index contributed by atoms with van der Waals surface area (Å²) in [5, 5.41) is 0.738. The van der Waals surface area contributed by atoms with Crippen molar-refractivity contribution in [2.24, 2.45) is 0 Å². The summed E-state index contributed by atoms with van der Waals surface area (Å²) in [5.41, 5.74) is 1.15. The predicted octanol–water partition coefficient (Wildman–Crippen LogP) is 3.82. The molecule has 1 aromatic carbocycles. The third kappa shape index (κ3) is 3.97. The van der Waals surface area contributed by atoms with E-state index in [1.54, 1.807) is 7.11 Å². The zero-order valence-corrected chi connectivity index (χ0v) is 12.7. The molecule has 3 nitrogen and oxygen atoms in total. The van der Waals surface area contributed by atoms with Gasteiger partial charge >= 0.3 is 0 Å². The van der Waals surface area contributed by atoms with E-state index in [1.807, 2.05) is 23.1 Å². The van der Waals surface area contributed by atoms with Crippen LogP contribution in [0.3, 0.4) is 0 Å². The van der Waals surface area contributed by atoms with Gasteiger partial charge in [0.2, 0.25) is 5.91 Å². The quantitative estimate of drug-likeness (QED) is 0.747. The van der Waals surface area contributed by atoms with E-state index in [1.165, 1.54) is 0 Å². The molecule has 0 aliphatic carbocycles. The molecule has 0 N–H and O–H groups in total. The molecule has 1 aliphatic heterocycles. The monoisotopic (exact) mass is 295 g/mol. The number of halogens is 1. The minimum atomic E-state index is 0.198. The average molecular weight is 296 g/mol. The maximum Gasteiger partial charge on any atom is 0.223 e. The normalized spacial score (nSPS) is 18.5. The lowest BCUT2D eigenvalue weighted by Gasteiger charge is -2.25. The summed E-state index contributed by atoms with van der Waals surface area (Å²) in [7, 11) is 1.69. The van der Waals surface area contributed by atoms with E-state index >= 15 is 0 Å². The highest BCUT2D eigenvalue weighted by atomic mass is 35.5. The molecule has 1 fully saturated rings. The number of hydrogen-bond acceptors (Lipinski definition) is 2. The lowest BCUT2D eigenvalue weighted by molar-refractivity contribution is -0.132. The van der Waals surface area contributed by atoms with Crippen LogP contribution in [-0.2, 0) is 9.53 Å². The van der Waals surface area contributed by atoms with Gasteiger partial charge < -0.3 is 9.64 Å². The summed E-state index contributed by atoms with van der Waals surface area (Å²) in [6.45, 7) is 1.59. The Kier molecular flexibility index (Phi) is 5.86. The van der Waals surface area contributed by atoms with Crippen LogP contribution in [0, 0.1) is 0 Å². The number of amides is 1. The molecule has 20 heavy (non-hydrogen) atoms. The standard InChI is InChI=1S/C16H22ClNO2/c1-20-11-3-2-9-16(19)18-10-5-8-15(18)13-6-4-7-14(17)12-13/h4,6-7,12,15H,2-3,5,8-11H2,1H3. The number of hydrogen-bond donors (Lipinski definition) is 0. The van der Waals surface area contributed by atoms with Gasteiger partial charge in [0.15, 0.2) is 0 Å². The molecule has 0 aromatic heterocycles. The Morgan fingerprint density at radius 2 is 2.30 bits per heavy atom. The first-order valence-electron chi connectivity index (χ1n) is 7.26. The number of rotatable bonds is 6. The zero-order valence-electron chi connectivity index (χ0n) is 12.0. The van der Waals surface area contributed by atoms with E-state index in [0.29, 0.717) is 6.42 Å². The number of unbranched alkanes of at least 4 members (excludes halogenated alkanes) is 1. The Balaban J connectivity index is 1.95. The first-order chi connectivity index (χ1) is 9.72. The SMILES string of the molecule is COCCCCC(=O)N1CCCC1c1cccc(Cl)c1. The fourth-order valence-electron chi connectivity index (χ4n) is 2.79. The van der Waals surface area contributed by atoms with Crippen molar-refractivity contribution in [1.29, 1.82) is 0 Å². The number of carbonyl (C=O) groups is 1. The Bertz CT molecular complexity index is 450. The molecule has 0 spiro atoms. The molecular weight excluding hydrogens is 274 g/mol. The predicted molar refractivity (Wildman–Crippen MR) is 80.9 cm³/mol. The van der Waals surface area contributed by atoms with Gasteiger partial charge in [0.1, 0.15) is 0 Å². The molecule has 0 radical (unpaired) electrons. The van der Waals surface area contributed by atoms with Gasteiger partial charge in [-0.05, 0) is 43.4 Å². The molecular formula is C16H22ClNO2. The van der Waals surface area contributed by atoms with Gasteiger partial charge in [0, 0.05) is 31.7 Å². The van der Waals surface area contributed by atoms with Crippen LogP contribution >= 0.6 is 11.6 Å². The van der Waals surface area contributed by atoms with E-state index in [9.17, 15) is 4.79 Å². The fraction of sp³-hybridized carbons (Fsp3) is 0.562. The molecule has 1 unspecified atom stereocenters. The number of benzene rings is 1. The highest BCUT2D eigenvalue weighted by Gasteiger charge is 2.29. The molecule has 1 atom stereocenters. The topological polar surface area (TPSA) is 29.5 Å². The molecule has 4 heteroatoms. The number of carbonyl (C=O) groups excluding carboxylic acids is 1. The van der Waals surface area contributed by atoms with Crippen LogP contribution in [0.5, 0.6) is 0 Å². The Morgan fingerprint density at radius 3 is 3.05 bits per heavy atom. The molecule has 0 bridgehead atoms. The van der Waals surface area contributed by atoms with Gasteiger partial charge in [-0.15, -0.1) is 0 Å². The van der Waals surface area contributed by atoms with Gasteiger partial charge in [-0.2, -0.15) is 0 Å². The third-order valence-corrected chi connectivity index (χ3v) is 4.03. The Labute approximate surface area is 125 Å². The maximum atomic E-state index is 12.3. The Morgan fingerprint density at radius 1 is 1.45 bits per heavy atom. The van der Waals surface area contributed by atoms with Gasteiger partial charge in [0.25, 0.3) is 0 Å². The van der Waals surface area contributed by atoms with Crippen LogP contribution < -0.4 is 0 Å².